The van der Waals surface area contributed by atoms with Crippen LogP contribution in [0.25, 0.3) is 11.4 Å². The van der Waals surface area contributed by atoms with Crippen molar-refractivity contribution in [1.29, 1.82) is 0 Å². The van der Waals surface area contributed by atoms with E-state index in [1.165, 1.54) is 0 Å². The fourth-order valence-electron chi connectivity index (χ4n) is 2.41. The Balaban J connectivity index is 1.49. The Morgan fingerprint density at radius 1 is 1.15 bits per heavy atom. The summed E-state index contributed by atoms with van der Waals surface area (Å²) in [6.07, 6.45) is 0.318. The Bertz CT molecular complexity index is 962. The molecule has 0 saturated carbocycles. The van der Waals surface area contributed by atoms with Crippen LogP contribution in [0.5, 0.6) is 0 Å². The van der Waals surface area contributed by atoms with Crippen LogP contribution in [-0.2, 0) is 11.2 Å². The number of hydrazine groups is 1. The van der Waals surface area contributed by atoms with E-state index in [0.29, 0.717) is 33.8 Å². The molecule has 2 N–H and O–H groups in total. The van der Waals surface area contributed by atoms with Gasteiger partial charge in [-0.1, -0.05) is 16.8 Å². The van der Waals surface area contributed by atoms with Crippen LogP contribution in [0.4, 0.5) is 0 Å². The van der Waals surface area contributed by atoms with Gasteiger partial charge in [0.2, 0.25) is 17.6 Å². The molecule has 0 unspecified atom stereocenters. The maximum Gasteiger partial charge on any atom is 0.273 e. The minimum atomic E-state index is -0.444. The Kier molecular flexibility index (Phi) is 5.56. The van der Waals surface area contributed by atoms with Gasteiger partial charge in [-0.2, -0.15) is 4.98 Å². The summed E-state index contributed by atoms with van der Waals surface area (Å²) in [6.45, 7) is 3.42. The number of nitrogens with one attached hydrogen (secondary N) is 2. The van der Waals surface area contributed by atoms with Crippen molar-refractivity contribution in [2.45, 2.75) is 26.7 Å². The third kappa shape index (κ3) is 4.73. The molecular formula is C18H17ClN4O4. The monoisotopic (exact) mass is 388 g/mol. The third-order valence-corrected chi connectivity index (χ3v) is 3.99. The van der Waals surface area contributed by atoms with Crippen molar-refractivity contribution in [2.24, 2.45) is 0 Å². The maximum absolute atomic E-state index is 12.0. The zero-order valence-corrected chi connectivity index (χ0v) is 15.5. The van der Waals surface area contributed by atoms with E-state index < -0.39 is 5.91 Å². The molecule has 0 bridgehead atoms. The van der Waals surface area contributed by atoms with Gasteiger partial charge in [-0.25, -0.2) is 0 Å². The maximum atomic E-state index is 12.0. The largest absolute Gasteiger partial charge is 0.466 e. The molecule has 3 rings (SSSR count). The van der Waals surface area contributed by atoms with Gasteiger partial charge in [0.05, 0.1) is 5.56 Å². The number of aryl methyl sites for hydroxylation is 3. The van der Waals surface area contributed by atoms with Gasteiger partial charge >= 0.3 is 0 Å². The molecule has 2 aromatic heterocycles. The second-order valence-corrected chi connectivity index (χ2v) is 6.28. The fourth-order valence-corrected chi connectivity index (χ4v) is 2.53. The smallest absolute Gasteiger partial charge is 0.273 e. The fraction of sp³-hybridized carbons (Fsp3) is 0.222. The number of hydrogen-bond acceptors (Lipinski definition) is 6. The summed E-state index contributed by atoms with van der Waals surface area (Å²) < 4.78 is 10.4. The predicted molar refractivity (Wildman–Crippen MR) is 96.9 cm³/mol. The zero-order valence-electron chi connectivity index (χ0n) is 14.7. The second kappa shape index (κ2) is 8.05. The van der Waals surface area contributed by atoms with Gasteiger partial charge in [0.15, 0.2) is 0 Å². The van der Waals surface area contributed by atoms with E-state index in [2.05, 4.69) is 21.0 Å². The molecule has 2 heterocycles. The SMILES string of the molecule is Cc1cc(C(=O)NNC(=O)CCc2nc(-c3ccc(Cl)cc3)no2)c(C)o1. The van der Waals surface area contributed by atoms with Crippen LogP contribution >= 0.6 is 11.6 Å². The van der Waals surface area contributed by atoms with Crippen molar-refractivity contribution < 1.29 is 18.5 Å². The van der Waals surface area contributed by atoms with Crippen LogP contribution in [0.1, 0.15) is 34.2 Å². The first kappa shape index (κ1) is 18.7. The van der Waals surface area contributed by atoms with Crippen LogP contribution in [0.3, 0.4) is 0 Å². The molecule has 140 valence electrons. The topological polar surface area (TPSA) is 110 Å². The Labute approximate surface area is 159 Å². The normalized spacial score (nSPS) is 10.6. The highest BCUT2D eigenvalue weighted by molar-refractivity contribution is 6.30. The van der Waals surface area contributed by atoms with Crippen molar-refractivity contribution >= 4 is 23.4 Å². The zero-order chi connectivity index (χ0) is 19.4. The molecule has 0 radical (unpaired) electrons. The molecule has 0 aliphatic heterocycles. The minimum Gasteiger partial charge on any atom is -0.466 e. The van der Waals surface area contributed by atoms with Crippen molar-refractivity contribution in [1.82, 2.24) is 21.0 Å². The van der Waals surface area contributed by atoms with Gasteiger partial charge in [-0.05, 0) is 44.2 Å². The number of carbonyl (C=O) groups is 2. The van der Waals surface area contributed by atoms with Gasteiger partial charge in [-0.15, -0.1) is 0 Å². The summed E-state index contributed by atoms with van der Waals surface area (Å²) in [7, 11) is 0. The van der Waals surface area contributed by atoms with E-state index in [0.717, 1.165) is 5.56 Å². The molecule has 2 amide bonds. The molecular weight excluding hydrogens is 372 g/mol. The molecule has 8 nitrogen and oxygen atoms in total. The summed E-state index contributed by atoms with van der Waals surface area (Å²) in [6, 6.07) is 8.61. The van der Waals surface area contributed by atoms with Crippen molar-refractivity contribution in [2.75, 3.05) is 0 Å². The van der Waals surface area contributed by atoms with E-state index in [1.54, 1.807) is 44.2 Å². The van der Waals surface area contributed by atoms with Gasteiger partial charge in [0, 0.05) is 23.4 Å². The second-order valence-electron chi connectivity index (χ2n) is 5.85. The molecule has 1 aromatic carbocycles. The number of furan rings is 1. The molecule has 27 heavy (non-hydrogen) atoms. The quantitative estimate of drug-likeness (QED) is 0.650. The summed E-state index contributed by atoms with van der Waals surface area (Å²) in [4.78, 5) is 28.1. The highest BCUT2D eigenvalue weighted by Gasteiger charge is 2.15. The molecule has 0 aliphatic rings. The van der Waals surface area contributed by atoms with Crippen LogP contribution in [0.2, 0.25) is 5.02 Å². The van der Waals surface area contributed by atoms with Crippen LogP contribution in [-0.4, -0.2) is 22.0 Å². The lowest BCUT2D eigenvalue weighted by molar-refractivity contribution is -0.121. The van der Waals surface area contributed by atoms with E-state index >= 15 is 0 Å². The van der Waals surface area contributed by atoms with Crippen LogP contribution in [0.15, 0.2) is 39.3 Å². The number of halogens is 1. The first-order valence-corrected chi connectivity index (χ1v) is 8.55. The lowest BCUT2D eigenvalue weighted by Gasteiger charge is -2.05. The highest BCUT2D eigenvalue weighted by atomic mass is 35.5. The van der Waals surface area contributed by atoms with Gasteiger partial charge in [0.25, 0.3) is 5.91 Å². The lowest BCUT2D eigenvalue weighted by atomic mass is 10.2. The lowest BCUT2D eigenvalue weighted by Crippen LogP contribution is -2.41. The van der Waals surface area contributed by atoms with E-state index in [9.17, 15) is 9.59 Å². The Morgan fingerprint density at radius 3 is 2.56 bits per heavy atom. The summed E-state index contributed by atoms with van der Waals surface area (Å²) in [5, 5.41) is 4.49. The van der Waals surface area contributed by atoms with E-state index in [-0.39, 0.29) is 18.7 Å². The van der Waals surface area contributed by atoms with Gasteiger partial charge in [-0.3, -0.25) is 20.4 Å². The first-order valence-electron chi connectivity index (χ1n) is 8.17. The Morgan fingerprint density at radius 2 is 1.89 bits per heavy atom. The van der Waals surface area contributed by atoms with Crippen molar-refractivity contribution in [3.8, 4) is 11.4 Å². The number of amides is 2. The number of hydrogen-bond donors (Lipinski definition) is 2. The molecule has 9 heteroatoms. The first-order chi connectivity index (χ1) is 12.9. The van der Waals surface area contributed by atoms with Crippen molar-refractivity contribution in [3.05, 3.63) is 58.3 Å². The number of benzene rings is 1. The molecule has 0 atom stereocenters. The number of nitrogens with zero attached hydrogens (tertiary/aromatic N) is 2. The minimum absolute atomic E-state index is 0.0753. The summed E-state index contributed by atoms with van der Waals surface area (Å²) in [5.41, 5.74) is 5.83. The van der Waals surface area contributed by atoms with Crippen molar-refractivity contribution in [3.63, 3.8) is 0 Å². The average molecular weight is 389 g/mol. The number of carbonyl (C=O) groups excluding carboxylic acids is 2. The third-order valence-electron chi connectivity index (χ3n) is 3.74. The molecule has 0 fully saturated rings. The molecule has 0 aliphatic carbocycles. The summed E-state index contributed by atoms with van der Waals surface area (Å²) in [5.74, 6) is 1.02. The van der Waals surface area contributed by atoms with E-state index in [1.807, 2.05) is 0 Å². The average Bonchev–Trinajstić information content (AvgIpc) is 3.24. The van der Waals surface area contributed by atoms with Gasteiger partial charge in [0.1, 0.15) is 11.5 Å². The summed E-state index contributed by atoms with van der Waals surface area (Å²) >= 11 is 5.85. The van der Waals surface area contributed by atoms with Crippen LogP contribution in [0, 0.1) is 13.8 Å². The number of rotatable bonds is 5. The molecule has 0 saturated heterocycles. The number of aromatic nitrogens is 2. The Hall–Kier alpha value is -3.13. The molecule has 3 aromatic rings. The van der Waals surface area contributed by atoms with Crippen LogP contribution < -0.4 is 10.9 Å². The predicted octanol–water partition coefficient (Wildman–Crippen LogP) is 2.99. The molecule has 0 spiro atoms. The van der Waals surface area contributed by atoms with E-state index in [4.69, 9.17) is 20.5 Å². The van der Waals surface area contributed by atoms with Gasteiger partial charge < -0.3 is 8.94 Å². The standard InChI is InChI=1S/C18H17ClN4O4/c1-10-9-14(11(2)26-10)18(25)22-21-15(24)7-8-16-20-17(23-27-16)12-3-5-13(19)6-4-12/h3-6,9H,7-8H2,1-2H3,(H,21,24)(H,22,25). The highest BCUT2D eigenvalue weighted by Crippen LogP contribution is 2.19.